The Labute approximate surface area is 155 Å². The molecule has 1 heterocycles. The summed E-state index contributed by atoms with van der Waals surface area (Å²) < 4.78 is 16.5. The molecule has 2 N–H and O–H groups in total. The number of carbonyl (C=O) groups is 1. The van der Waals surface area contributed by atoms with Crippen LogP contribution in [0.5, 0.6) is 0 Å². The average molecular weight is 365 g/mol. The van der Waals surface area contributed by atoms with Gasteiger partial charge in [-0.2, -0.15) is 0 Å². The van der Waals surface area contributed by atoms with Crippen molar-refractivity contribution in [2.45, 2.75) is 65.1 Å². The van der Waals surface area contributed by atoms with Gasteiger partial charge in [-0.25, -0.2) is 4.79 Å². The van der Waals surface area contributed by atoms with Crippen LogP contribution in [0.1, 0.15) is 64.6 Å². The summed E-state index contributed by atoms with van der Waals surface area (Å²) in [5.74, 6) is 0.288. The molecule has 1 amide bonds. The van der Waals surface area contributed by atoms with Crippen LogP contribution in [0.2, 0.25) is 0 Å². The fraction of sp³-hybridized carbons (Fsp3) is 0.650. The molecule has 0 radical (unpaired) electrons. The van der Waals surface area contributed by atoms with Crippen LogP contribution in [0.25, 0.3) is 0 Å². The van der Waals surface area contributed by atoms with E-state index in [0.717, 1.165) is 5.56 Å². The summed E-state index contributed by atoms with van der Waals surface area (Å²) in [5, 5.41) is 13.9. The first-order valence-corrected chi connectivity index (χ1v) is 9.17. The highest BCUT2D eigenvalue weighted by atomic mass is 16.7. The normalized spacial score (nSPS) is 18.0. The monoisotopic (exact) mass is 365 g/mol. The van der Waals surface area contributed by atoms with Crippen LogP contribution in [0.3, 0.4) is 0 Å². The standard InChI is InChI=1S/C20H31NO5/c1-13(2)12-16(21-19(23)26-20(3,4)5)17(22)14-8-6-7-9-15(14)18-24-10-11-25-18/h6-9,13,16-18,22H,10-12H2,1-5H3,(H,21,23). The highest BCUT2D eigenvalue weighted by Crippen LogP contribution is 2.32. The summed E-state index contributed by atoms with van der Waals surface area (Å²) in [4.78, 5) is 12.2. The molecule has 0 aliphatic carbocycles. The largest absolute Gasteiger partial charge is 0.444 e. The SMILES string of the molecule is CC(C)CC(NC(=O)OC(C)(C)C)C(O)c1ccccc1C1OCCO1. The number of aliphatic hydroxyl groups excluding tert-OH is 1. The van der Waals surface area contributed by atoms with E-state index in [4.69, 9.17) is 14.2 Å². The molecule has 6 nitrogen and oxygen atoms in total. The van der Waals surface area contributed by atoms with Crippen molar-refractivity contribution in [3.8, 4) is 0 Å². The summed E-state index contributed by atoms with van der Waals surface area (Å²) in [6.45, 7) is 10.6. The Kier molecular flexibility index (Phi) is 7.03. The van der Waals surface area contributed by atoms with Gasteiger partial charge in [0.15, 0.2) is 6.29 Å². The van der Waals surface area contributed by atoms with E-state index < -0.39 is 30.1 Å². The summed E-state index contributed by atoms with van der Waals surface area (Å²) in [7, 11) is 0. The zero-order valence-corrected chi connectivity index (χ0v) is 16.3. The number of alkyl carbamates (subject to hydrolysis) is 1. The van der Waals surface area contributed by atoms with Crippen molar-refractivity contribution < 1.29 is 24.1 Å². The van der Waals surface area contributed by atoms with Crippen LogP contribution in [0.15, 0.2) is 24.3 Å². The smallest absolute Gasteiger partial charge is 0.407 e. The number of amides is 1. The van der Waals surface area contributed by atoms with E-state index in [1.807, 2.05) is 58.9 Å². The van der Waals surface area contributed by atoms with Crippen molar-refractivity contribution in [1.29, 1.82) is 0 Å². The maximum absolute atomic E-state index is 12.2. The van der Waals surface area contributed by atoms with Gasteiger partial charge < -0.3 is 24.6 Å². The van der Waals surface area contributed by atoms with Gasteiger partial charge in [0, 0.05) is 5.56 Å². The quantitative estimate of drug-likeness (QED) is 0.804. The number of hydrogen-bond acceptors (Lipinski definition) is 5. The maximum atomic E-state index is 12.2. The molecule has 6 heteroatoms. The average Bonchev–Trinajstić information content (AvgIpc) is 3.05. The Morgan fingerprint density at radius 1 is 1.27 bits per heavy atom. The summed E-state index contributed by atoms with van der Waals surface area (Å²) in [6.07, 6.45) is -1.30. The van der Waals surface area contributed by atoms with E-state index in [2.05, 4.69) is 5.32 Å². The van der Waals surface area contributed by atoms with Crippen molar-refractivity contribution in [2.75, 3.05) is 13.2 Å². The molecule has 1 aromatic carbocycles. The third-order valence-electron chi connectivity index (χ3n) is 4.00. The first-order chi connectivity index (χ1) is 12.2. The number of benzene rings is 1. The molecule has 1 aromatic rings. The summed E-state index contributed by atoms with van der Waals surface area (Å²) >= 11 is 0. The molecule has 1 aliphatic rings. The first kappa shape index (κ1) is 20.7. The van der Waals surface area contributed by atoms with E-state index >= 15 is 0 Å². The molecular weight excluding hydrogens is 334 g/mol. The third kappa shape index (κ3) is 5.97. The van der Waals surface area contributed by atoms with Crippen molar-refractivity contribution >= 4 is 6.09 Å². The van der Waals surface area contributed by atoms with Crippen molar-refractivity contribution in [3.63, 3.8) is 0 Å². The van der Waals surface area contributed by atoms with Crippen LogP contribution in [-0.2, 0) is 14.2 Å². The van der Waals surface area contributed by atoms with Gasteiger partial charge in [0.25, 0.3) is 0 Å². The van der Waals surface area contributed by atoms with Gasteiger partial charge in [-0.1, -0.05) is 38.1 Å². The number of carbonyl (C=O) groups excluding carboxylic acids is 1. The van der Waals surface area contributed by atoms with Gasteiger partial charge in [-0.3, -0.25) is 0 Å². The van der Waals surface area contributed by atoms with Gasteiger partial charge in [0.1, 0.15) is 5.60 Å². The minimum Gasteiger partial charge on any atom is -0.444 e. The molecule has 2 rings (SSSR count). The second-order valence-corrected chi connectivity index (χ2v) is 8.03. The summed E-state index contributed by atoms with van der Waals surface area (Å²) in [5.41, 5.74) is 0.888. The Hall–Kier alpha value is -1.63. The van der Waals surface area contributed by atoms with E-state index in [1.54, 1.807) is 0 Å². The number of nitrogens with one attached hydrogen (secondary N) is 1. The minimum atomic E-state index is -0.895. The van der Waals surface area contributed by atoms with Gasteiger partial charge in [0.2, 0.25) is 0 Å². The number of rotatable bonds is 6. The fourth-order valence-corrected chi connectivity index (χ4v) is 2.98. The Bertz CT molecular complexity index is 590. The van der Waals surface area contributed by atoms with Crippen molar-refractivity contribution in [2.24, 2.45) is 5.92 Å². The topological polar surface area (TPSA) is 77.0 Å². The van der Waals surface area contributed by atoms with Crippen molar-refractivity contribution in [3.05, 3.63) is 35.4 Å². The molecule has 26 heavy (non-hydrogen) atoms. The molecule has 146 valence electrons. The van der Waals surface area contributed by atoms with Gasteiger partial charge in [-0.15, -0.1) is 0 Å². The Morgan fingerprint density at radius 2 is 1.88 bits per heavy atom. The first-order valence-electron chi connectivity index (χ1n) is 9.17. The van der Waals surface area contributed by atoms with E-state index in [1.165, 1.54) is 0 Å². The van der Waals surface area contributed by atoms with E-state index in [-0.39, 0.29) is 5.92 Å². The lowest BCUT2D eigenvalue weighted by Crippen LogP contribution is -2.43. The zero-order chi connectivity index (χ0) is 19.3. The van der Waals surface area contributed by atoms with Gasteiger partial charge >= 0.3 is 6.09 Å². The van der Waals surface area contributed by atoms with Gasteiger partial charge in [-0.05, 0) is 38.7 Å². The molecule has 2 atom stereocenters. The van der Waals surface area contributed by atoms with Crippen LogP contribution >= 0.6 is 0 Å². The van der Waals surface area contributed by atoms with Crippen molar-refractivity contribution in [1.82, 2.24) is 5.32 Å². The number of ether oxygens (including phenoxy) is 3. The second kappa shape index (κ2) is 8.84. The molecule has 0 bridgehead atoms. The van der Waals surface area contributed by atoms with Crippen LogP contribution in [0, 0.1) is 5.92 Å². The fourth-order valence-electron chi connectivity index (χ4n) is 2.98. The molecule has 0 aromatic heterocycles. The number of hydrogen-bond donors (Lipinski definition) is 2. The Morgan fingerprint density at radius 3 is 2.46 bits per heavy atom. The van der Waals surface area contributed by atoms with E-state index in [9.17, 15) is 9.90 Å². The lowest BCUT2D eigenvalue weighted by atomic mass is 9.91. The maximum Gasteiger partial charge on any atom is 0.407 e. The van der Waals surface area contributed by atoms with Crippen LogP contribution < -0.4 is 5.32 Å². The molecule has 2 unspecified atom stereocenters. The zero-order valence-electron chi connectivity index (χ0n) is 16.3. The lowest BCUT2D eigenvalue weighted by Gasteiger charge is -2.29. The Balaban J connectivity index is 2.21. The predicted octanol–water partition coefficient (Wildman–Crippen LogP) is 3.70. The molecule has 1 fully saturated rings. The molecule has 1 saturated heterocycles. The van der Waals surface area contributed by atoms with Gasteiger partial charge in [0.05, 0.1) is 25.4 Å². The second-order valence-electron chi connectivity index (χ2n) is 8.03. The molecular formula is C20H31NO5. The third-order valence-corrected chi connectivity index (χ3v) is 4.00. The molecule has 0 spiro atoms. The predicted molar refractivity (Wildman–Crippen MR) is 98.7 cm³/mol. The van der Waals surface area contributed by atoms with E-state index in [0.29, 0.717) is 25.2 Å². The number of aliphatic hydroxyl groups is 1. The highest BCUT2D eigenvalue weighted by molar-refractivity contribution is 5.68. The molecule has 0 saturated carbocycles. The highest BCUT2D eigenvalue weighted by Gasteiger charge is 2.30. The summed E-state index contributed by atoms with van der Waals surface area (Å²) in [6, 6.07) is 6.99. The lowest BCUT2D eigenvalue weighted by molar-refractivity contribution is -0.0465. The van der Waals surface area contributed by atoms with Crippen LogP contribution in [0.4, 0.5) is 4.79 Å². The minimum absolute atomic E-state index is 0.288. The van der Waals surface area contributed by atoms with Crippen LogP contribution in [-0.4, -0.2) is 36.1 Å². The molecule has 1 aliphatic heterocycles.